The van der Waals surface area contributed by atoms with Crippen molar-refractivity contribution in [3.8, 4) is 0 Å². The van der Waals surface area contributed by atoms with Crippen molar-refractivity contribution in [1.29, 1.82) is 0 Å². The molecule has 0 aliphatic carbocycles. The number of ether oxygens (including phenoxy) is 15. The maximum atomic E-state index is 12.8. The van der Waals surface area contributed by atoms with Crippen molar-refractivity contribution in [2.75, 3.05) is 19.8 Å². The van der Waals surface area contributed by atoms with Gasteiger partial charge in [0.05, 0.1) is 6.61 Å². The van der Waals surface area contributed by atoms with Crippen LogP contribution in [0.5, 0.6) is 0 Å². The minimum absolute atomic E-state index is 0.651. The molecule has 64 heavy (non-hydrogen) atoms. The smallest absolute Gasteiger partial charge is 0.303 e. The van der Waals surface area contributed by atoms with Gasteiger partial charge in [0.2, 0.25) is 0 Å². The summed E-state index contributed by atoms with van der Waals surface area (Å²) in [6.45, 7) is 8.20. The molecule has 25 nitrogen and oxygen atoms in total. The highest BCUT2D eigenvalue weighted by molar-refractivity contribution is 9.09. The number of rotatable bonds is 17. The molecule has 0 bridgehead atoms. The fourth-order valence-electron chi connectivity index (χ4n) is 6.77. The average molecular weight is 988 g/mol. The molecule has 3 saturated heterocycles. The lowest BCUT2D eigenvalue weighted by Crippen LogP contribution is -2.67. The molecule has 3 heterocycles. The second kappa shape index (κ2) is 24.3. The van der Waals surface area contributed by atoms with Crippen molar-refractivity contribution in [1.82, 2.24) is 0 Å². The minimum Gasteiger partial charge on any atom is -0.463 e. The SMILES string of the molecule is CC(=O)OC[C@H]1O[C@H](O[C@H]2[C@H](OC(C)=O)[C@@H](OC(C)=O)[C@H](OC[C@H]3O[C@@H](Br)[C@H](OC(C)=O)[C@@H](OC(C)=O)[C@@H]3OC(C)=O)O[C@@H]2COC(C)=O)[C@H](OC(C)=O)[C@@H](OC(C)=O)[C@@H]1OC(C)=O. The van der Waals surface area contributed by atoms with E-state index in [1.54, 1.807) is 0 Å². The van der Waals surface area contributed by atoms with Crippen molar-refractivity contribution in [2.24, 2.45) is 0 Å². The van der Waals surface area contributed by atoms with Crippen molar-refractivity contribution in [2.45, 2.75) is 160 Å². The van der Waals surface area contributed by atoms with Gasteiger partial charge in [-0.25, -0.2) is 0 Å². The van der Waals surface area contributed by atoms with Crippen molar-refractivity contribution >= 4 is 75.6 Å². The second-order valence-electron chi connectivity index (χ2n) is 14.2. The van der Waals surface area contributed by atoms with Gasteiger partial charge in [-0.2, -0.15) is 0 Å². The van der Waals surface area contributed by atoms with Gasteiger partial charge in [0.25, 0.3) is 0 Å². The predicted molar refractivity (Wildman–Crippen MR) is 203 cm³/mol. The summed E-state index contributed by atoms with van der Waals surface area (Å²) in [4.78, 5) is 123. The first-order valence-electron chi connectivity index (χ1n) is 19.4. The summed E-state index contributed by atoms with van der Waals surface area (Å²) in [6.07, 6.45) is -23.1. The topological polar surface area (TPSA) is 309 Å². The van der Waals surface area contributed by atoms with Gasteiger partial charge in [-0.1, -0.05) is 15.9 Å². The van der Waals surface area contributed by atoms with Crippen LogP contribution in [0.4, 0.5) is 0 Å². The fraction of sp³-hybridized carbons (Fsp3) is 0.737. The van der Waals surface area contributed by atoms with Gasteiger partial charge in [-0.05, 0) is 0 Å². The van der Waals surface area contributed by atoms with Crippen LogP contribution in [-0.4, -0.2) is 170 Å². The zero-order chi connectivity index (χ0) is 48.2. The molecule has 3 aliphatic heterocycles. The molecule has 360 valence electrons. The van der Waals surface area contributed by atoms with E-state index in [0.29, 0.717) is 0 Å². The van der Waals surface area contributed by atoms with E-state index in [2.05, 4.69) is 15.9 Å². The highest BCUT2D eigenvalue weighted by Gasteiger charge is 2.58. The van der Waals surface area contributed by atoms with E-state index in [0.717, 1.165) is 69.2 Å². The summed E-state index contributed by atoms with van der Waals surface area (Å²) in [5, 5.41) is -1.21. The number of carbonyl (C=O) groups is 10. The Balaban J connectivity index is 2.16. The van der Waals surface area contributed by atoms with Gasteiger partial charge in [0.1, 0.15) is 37.6 Å². The van der Waals surface area contributed by atoms with Crippen molar-refractivity contribution in [3.05, 3.63) is 0 Å². The lowest BCUT2D eigenvalue weighted by atomic mass is 9.95. The van der Waals surface area contributed by atoms with E-state index in [1.165, 1.54) is 0 Å². The third kappa shape index (κ3) is 15.9. The van der Waals surface area contributed by atoms with Crippen LogP contribution in [0.2, 0.25) is 0 Å². The molecular formula is C38H51BrO25. The monoisotopic (exact) mass is 986 g/mol. The van der Waals surface area contributed by atoms with Gasteiger partial charge < -0.3 is 71.1 Å². The fourth-order valence-corrected chi connectivity index (χ4v) is 7.46. The number of hydrogen-bond donors (Lipinski definition) is 0. The number of hydrogen-bond acceptors (Lipinski definition) is 25. The predicted octanol–water partition coefficient (Wildman–Crippen LogP) is -0.462. The first-order chi connectivity index (χ1) is 29.9. The number of esters is 10. The Labute approximate surface area is 373 Å². The van der Waals surface area contributed by atoms with E-state index < -0.39 is 170 Å². The number of carbonyl (C=O) groups excluding carboxylic acids is 10. The molecule has 3 aliphatic rings. The normalized spacial score (nSPS) is 32.3. The quantitative estimate of drug-likeness (QED) is 0.101. The van der Waals surface area contributed by atoms with Gasteiger partial charge in [-0.15, -0.1) is 0 Å². The molecular weight excluding hydrogens is 936 g/mol. The molecule has 0 spiro atoms. The van der Waals surface area contributed by atoms with Crippen LogP contribution in [0.25, 0.3) is 0 Å². The van der Waals surface area contributed by atoms with Crippen LogP contribution in [0, 0.1) is 0 Å². The number of halogens is 1. The van der Waals surface area contributed by atoms with Crippen LogP contribution in [0.3, 0.4) is 0 Å². The van der Waals surface area contributed by atoms with Gasteiger partial charge >= 0.3 is 59.7 Å². The summed E-state index contributed by atoms with van der Waals surface area (Å²) < 4.78 is 84.9. The minimum atomic E-state index is -1.93. The van der Waals surface area contributed by atoms with E-state index in [1.807, 2.05) is 0 Å². The molecule has 26 heteroatoms. The van der Waals surface area contributed by atoms with E-state index >= 15 is 0 Å². The first-order valence-corrected chi connectivity index (χ1v) is 20.3. The highest BCUT2D eigenvalue weighted by atomic mass is 79.9. The molecule has 15 atom stereocenters. The van der Waals surface area contributed by atoms with Crippen LogP contribution in [-0.2, 0) is 119 Å². The third-order valence-electron chi connectivity index (χ3n) is 8.79. The van der Waals surface area contributed by atoms with Crippen LogP contribution < -0.4 is 0 Å². The standard InChI is InChI=1S/C38H51BrO25/c1-14(40)50-11-25-28(54-17(4)43)31(56-19(6)45)35(60-23(10)49)38(63-25)64-29-26(12-51-15(2)41)62-37(34(59-22(9)48)32(29)57-20(7)46)52-13-24-27(53-16(3)42)30(55-18(5)44)33(36(39)61-24)58-21(8)47/h24-38H,11-13H2,1-10H3/t24-,25-,26-,27-,28-,29-,30+,31+,32+,33-,34-,35-,36-,37-,38-/m1/s1. The van der Waals surface area contributed by atoms with Gasteiger partial charge in [-0.3, -0.25) is 47.9 Å². The maximum absolute atomic E-state index is 12.8. The largest absolute Gasteiger partial charge is 0.463 e. The summed E-state index contributed by atoms with van der Waals surface area (Å²) in [5.74, 6) is -9.05. The molecule has 0 saturated carbocycles. The number of alkyl halides is 1. The highest BCUT2D eigenvalue weighted by Crippen LogP contribution is 2.37. The summed E-state index contributed by atoms with van der Waals surface area (Å²) in [5.41, 5.74) is 0. The Bertz CT molecular complexity index is 1740. The summed E-state index contributed by atoms with van der Waals surface area (Å²) >= 11 is 3.24. The lowest BCUT2D eigenvalue weighted by molar-refractivity contribution is -0.363. The molecule has 0 amide bonds. The summed E-state index contributed by atoms with van der Waals surface area (Å²) in [7, 11) is 0. The molecule has 0 aromatic carbocycles. The van der Waals surface area contributed by atoms with Crippen LogP contribution in [0.1, 0.15) is 69.2 Å². The zero-order valence-corrected chi connectivity index (χ0v) is 38.0. The van der Waals surface area contributed by atoms with Crippen LogP contribution in [0.15, 0.2) is 0 Å². The molecule has 0 radical (unpaired) electrons. The molecule has 3 rings (SSSR count). The summed E-state index contributed by atoms with van der Waals surface area (Å²) in [6, 6.07) is 0. The lowest BCUT2D eigenvalue weighted by Gasteiger charge is -2.49. The molecule has 3 fully saturated rings. The maximum Gasteiger partial charge on any atom is 0.303 e. The van der Waals surface area contributed by atoms with E-state index in [-0.39, 0.29) is 0 Å². The van der Waals surface area contributed by atoms with Gasteiger partial charge in [0.15, 0.2) is 66.4 Å². The zero-order valence-electron chi connectivity index (χ0n) is 36.4. The van der Waals surface area contributed by atoms with Crippen LogP contribution >= 0.6 is 15.9 Å². The second-order valence-corrected chi connectivity index (χ2v) is 15.1. The van der Waals surface area contributed by atoms with E-state index in [9.17, 15) is 47.9 Å². The first kappa shape index (κ1) is 53.3. The van der Waals surface area contributed by atoms with Crippen molar-refractivity contribution < 1.29 is 119 Å². The Kier molecular flexibility index (Phi) is 20.3. The Morgan fingerprint density at radius 1 is 0.344 bits per heavy atom. The molecule has 0 N–H and O–H groups in total. The van der Waals surface area contributed by atoms with E-state index in [4.69, 9.17) is 71.1 Å². The third-order valence-corrected chi connectivity index (χ3v) is 9.53. The molecule has 0 aromatic heterocycles. The van der Waals surface area contributed by atoms with Crippen molar-refractivity contribution in [3.63, 3.8) is 0 Å². The Morgan fingerprint density at radius 3 is 1.05 bits per heavy atom. The molecule has 0 unspecified atom stereocenters. The molecule has 0 aromatic rings. The Hall–Kier alpha value is -5.02. The van der Waals surface area contributed by atoms with Gasteiger partial charge in [0, 0.05) is 69.2 Å². The Morgan fingerprint density at radius 2 is 0.641 bits per heavy atom. The average Bonchev–Trinajstić information content (AvgIpc) is 3.14.